The van der Waals surface area contributed by atoms with E-state index in [1.807, 2.05) is 18.2 Å². The maximum Gasteiger partial charge on any atom is 0.271 e. The number of rotatable bonds is 4. The summed E-state index contributed by atoms with van der Waals surface area (Å²) in [6, 6.07) is 8.86. The summed E-state index contributed by atoms with van der Waals surface area (Å²) in [5.41, 5.74) is 0.973. The Balaban J connectivity index is 2.08. The van der Waals surface area contributed by atoms with Crippen molar-refractivity contribution in [3.63, 3.8) is 0 Å². The van der Waals surface area contributed by atoms with Crippen molar-refractivity contribution in [3.8, 4) is 0 Å². The standard InChI is InChI=1S/C13H13ClN4O/c1-15-11-6-5-10(14)12(18-11)13(19)17-8-9-4-2-3-7-16-9/h2-7H,8H2,1H3,(H,15,18)(H,17,19). The van der Waals surface area contributed by atoms with Crippen LogP contribution in [0.25, 0.3) is 0 Å². The lowest BCUT2D eigenvalue weighted by molar-refractivity contribution is 0.0945. The molecule has 98 valence electrons. The van der Waals surface area contributed by atoms with Crippen LogP contribution < -0.4 is 10.6 Å². The lowest BCUT2D eigenvalue weighted by Gasteiger charge is -2.07. The average molecular weight is 277 g/mol. The second-order valence-electron chi connectivity index (χ2n) is 3.78. The summed E-state index contributed by atoms with van der Waals surface area (Å²) in [6.45, 7) is 0.335. The fourth-order valence-electron chi connectivity index (χ4n) is 1.50. The molecule has 0 aliphatic carbocycles. The zero-order valence-electron chi connectivity index (χ0n) is 10.4. The van der Waals surface area contributed by atoms with E-state index in [2.05, 4.69) is 20.6 Å². The van der Waals surface area contributed by atoms with Crippen molar-refractivity contribution < 1.29 is 4.79 Å². The summed E-state index contributed by atoms with van der Waals surface area (Å²) in [7, 11) is 1.73. The van der Waals surface area contributed by atoms with Crippen molar-refractivity contribution >= 4 is 23.3 Å². The summed E-state index contributed by atoms with van der Waals surface area (Å²) in [6.07, 6.45) is 1.67. The summed E-state index contributed by atoms with van der Waals surface area (Å²) in [5, 5.41) is 5.91. The topological polar surface area (TPSA) is 66.9 Å². The maximum atomic E-state index is 12.0. The first kappa shape index (κ1) is 13.3. The molecule has 2 N–H and O–H groups in total. The van der Waals surface area contributed by atoms with Gasteiger partial charge in [0.25, 0.3) is 5.91 Å². The van der Waals surface area contributed by atoms with Crippen LogP contribution in [0.15, 0.2) is 36.5 Å². The monoisotopic (exact) mass is 276 g/mol. The number of anilines is 1. The van der Waals surface area contributed by atoms with E-state index in [-0.39, 0.29) is 11.6 Å². The van der Waals surface area contributed by atoms with Gasteiger partial charge in [0.1, 0.15) is 11.5 Å². The largest absolute Gasteiger partial charge is 0.373 e. The van der Waals surface area contributed by atoms with Crippen LogP contribution in [0.1, 0.15) is 16.2 Å². The zero-order valence-corrected chi connectivity index (χ0v) is 11.1. The molecule has 0 saturated carbocycles. The van der Waals surface area contributed by atoms with Crippen LogP contribution in [0.5, 0.6) is 0 Å². The summed E-state index contributed by atoms with van der Waals surface area (Å²) in [5.74, 6) is 0.264. The molecule has 0 aromatic carbocycles. The molecule has 19 heavy (non-hydrogen) atoms. The smallest absolute Gasteiger partial charge is 0.271 e. The molecule has 2 rings (SSSR count). The van der Waals surface area contributed by atoms with E-state index in [0.29, 0.717) is 17.4 Å². The molecule has 0 spiro atoms. The SMILES string of the molecule is CNc1ccc(Cl)c(C(=O)NCc2ccccn2)n1. The van der Waals surface area contributed by atoms with Crippen molar-refractivity contribution in [3.05, 3.63) is 52.9 Å². The van der Waals surface area contributed by atoms with Crippen LogP contribution >= 0.6 is 11.6 Å². The van der Waals surface area contributed by atoms with Gasteiger partial charge in [0.2, 0.25) is 0 Å². The minimum Gasteiger partial charge on any atom is -0.373 e. The number of hydrogen-bond acceptors (Lipinski definition) is 4. The van der Waals surface area contributed by atoms with Crippen LogP contribution in [0.3, 0.4) is 0 Å². The Labute approximate surface area is 116 Å². The van der Waals surface area contributed by atoms with Crippen molar-refractivity contribution in [2.75, 3.05) is 12.4 Å². The van der Waals surface area contributed by atoms with E-state index in [4.69, 9.17) is 11.6 Å². The van der Waals surface area contributed by atoms with E-state index in [1.165, 1.54) is 0 Å². The highest BCUT2D eigenvalue weighted by Crippen LogP contribution is 2.16. The average Bonchev–Trinajstić information content (AvgIpc) is 2.46. The van der Waals surface area contributed by atoms with Gasteiger partial charge < -0.3 is 10.6 Å². The van der Waals surface area contributed by atoms with E-state index in [0.717, 1.165) is 5.69 Å². The Morgan fingerprint density at radius 2 is 2.16 bits per heavy atom. The van der Waals surface area contributed by atoms with Gasteiger partial charge in [-0.2, -0.15) is 0 Å². The van der Waals surface area contributed by atoms with Gasteiger partial charge in [0.05, 0.1) is 17.3 Å². The molecule has 0 atom stereocenters. The third-order valence-electron chi connectivity index (χ3n) is 2.47. The highest BCUT2D eigenvalue weighted by molar-refractivity contribution is 6.33. The molecule has 0 bridgehead atoms. The first-order valence-electron chi connectivity index (χ1n) is 5.73. The number of aromatic nitrogens is 2. The first-order chi connectivity index (χ1) is 9.20. The van der Waals surface area contributed by atoms with Crippen LogP contribution in [-0.2, 0) is 6.54 Å². The number of nitrogens with one attached hydrogen (secondary N) is 2. The number of nitrogens with zero attached hydrogens (tertiary/aromatic N) is 2. The van der Waals surface area contributed by atoms with Gasteiger partial charge in [-0.3, -0.25) is 9.78 Å². The summed E-state index contributed by atoms with van der Waals surface area (Å²) < 4.78 is 0. The molecule has 5 nitrogen and oxygen atoms in total. The first-order valence-corrected chi connectivity index (χ1v) is 6.11. The number of hydrogen-bond donors (Lipinski definition) is 2. The van der Waals surface area contributed by atoms with Crippen LogP contribution in [0.2, 0.25) is 5.02 Å². The minimum absolute atomic E-state index is 0.199. The predicted octanol–water partition coefficient (Wildman–Crippen LogP) is 2.10. The Morgan fingerprint density at radius 3 is 2.84 bits per heavy atom. The van der Waals surface area contributed by atoms with Gasteiger partial charge in [-0.05, 0) is 24.3 Å². The Bertz CT molecular complexity index is 574. The highest BCUT2D eigenvalue weighted by Gasteiger charge is 2.12. The van der Waals surface area contributed by atoms with Crippen molar-refractivity contribution in [1.29, 1.82) is 0 Å². The number of carbonyl (C=O) groups is 1. The van der Waals surface area contributed by atoms with E-state index in [1.54, 1.807) is 25.4 Å². The fourth-order valence-corrected chi connectivity index (χ4v) is 1.69. The molecular formula is C13H13ClN4O. The molecule has 2 heterocycles. The molecule has 0 saturated heterocycles. The zero-order chi connectivity index (χ0) is 13.7. The maximum absolute atomic E-state index is 12.0. The Morgan fingerprint density at radius 1 is 1.32 bits per heavy atom. The predicted molar refractivity (Wildman–Crippen MR) is 74.2 cm³/mol. The van der Waals surface area contributed by atoms with E-state index < -0.39 is 0 Å². The van der Waals surface area contributed by atoms with Gasteiger partial charge >= 0.3 is 0 Å². The molecule has 0 aliphatic heterocycles. The summed E-state index contributed by atoms with van der Waals surface area (Å²) in [4.78, 5) is 20.2. The Kier molecular flexibility index (Phi) is 4.30. The van der Waals surface area contributed by atoms with Crippen molar-refractivity contribution in [2.45, 2.75) is 6.54 Å². The molecule has 1 amide bonds. The number of carbonyl (C=O) groups excluding carboxylic acids is 1. The van der Waals surface area contributed by atoms with Crippen molar-refractivity contribution in [1.82, 2.24) is 15.3 Å². The second kappa shape index (κ2) is 6.15. The van der Waals surface area contributed by atoms with Gasteiger partial charge in [-0.1, -0.05) is 17.7 Å². The number of pyridine rings is 2. The van der Waals surface area contributed by atoms with E-state index >= 15 is 0 Å². The minimum atomic E-state index is -0.326. The molecule has 2 aromatic rings. The number of amides is 1. The third-order valence-corrected chi connectivity index (χ3v) is 2.78. The van der Waals surface area contributed by atoms with E-state index in [9.17, 15) is 4.79 Å². The molecular weight excluding hydrogens is 264 g/mol. The second-order valence-corrected chi connectivity index (χ2v) is 4.19. The van der Waals surface area contributed by atoms with Crippen LogP contribution in [0, 0.1) is 0 Å². The highest BCUT2D eigenvalue weighted by atomic mass is 35.5. The third kappa shape index (κ3) is 3.42. The lowest BCUT2D eigenvalue weighted by atomic mass is 10.3. The molecule has 0 unspecified atom stereocenters. The quantitative estimate of drug-likeness (QED) is 0.897. The van der Waals surface area contributed by atoms with Gasteiger partial charge in [0.15, 0.2) is 0 Å². The summed E-state index contributed by atoms with van der Waals surface area (Å²) >= 11 is 5.96. The normalized spacial score (nSPS) is 10.0. The molecule has 6 heteroatoms. The molecule has 0 aliphatic rings. The van der Waals surface area contributed by atoms with Crippen molar-refractivity contribution in [2.24, 2.45) is 0 Å². The van der Waals surface area contributed by atoms with Gasteiger partial charge in [-0.15, -0.1) is 0 Å². The molecule has 0 radical (unpaired) electrons. The number of halogens is 1. The van der Waals surface area contributed by atoms with Crippen LogP contribution in [-0.4, -0.2) is 22.9 Å². The van der Waals surface area contributed by atoms with Gasteiger partial charge in [0, 0.05) is 13.2 Å². The van der Waals surface area contributed by atoms with Gasteiger partial charge in [-0.25, -0.2) is 4.98 Å². The molecule has 2 aromatic heterocycles. The lowest BCUT2D eigenvalue weighted by Crippen LogP contribution is -2.24. The fraction of sp³-hybridized carbons (Fsp3) is 0.154. The van der Waals surface area contributed by atoms with Crippen LogP contribution in [0.4, 0.5) is 5.82 Å². The molecule has 0 fully saturated rings. The Hall–Kier alpha value is -2.14.